The van der Waals surface area contributed by atoms with E-state index in [0.717, 1.165) is 34.5 Å². The lowest BCUT2D eigenvalue weighted by Gasteiger charge is -2.08. The van der Waals surface area contributed by atoms with E-state index >= 15 is 0 Å². The molecule has 3 heteroatoms. The number of rotatable bonds is 7. The van der Waals surface area contributed by atoms with Gasteiger partial charge in [0.2, 0.25) is 6.20 Å². The van der Waals surface area contributed by atoms with E-state index in [0.29, 0.717) is 5.92 Å². The Balaban J connectivity index is 0. The average Bonchev–Trinajstić information content (AvgIpc) is 3.01. The molecule has 1 aliphatic rings. The highest BCUT2D eigenvalue weighted by Gasteiger charge is 2.13. The van der Waals surface area contributed by atoms with E-state index in [-0.39, 0.29) is 0 Å². The maximum atomic E-state index is 6.21. The second kappa shape index (κ2) is 24.6. The molecule has 2 aromatic rings. The standard InChI is InChI=1S/C28H30N3.4C2H6/c1-4-6-23(7-5-2)12-15-26-17-19-31(29)28(21-26)27-20-25(16-18-30-27)14-13-24-10-8-22(3)9-11-24;4*1-2/h4-8,10-22H,1,9,29H2,2-3H3;4*1-2H3/q+1;;;;/b7-5-,14-13+,15-12+,23-6+;;;;. The van der Waals surface area contributed by atoms with Crippen molar-refractivity contribution >= 4 is 12.2 Å². The van der Waals surface area contributed by atoms with Crippen LogP contribution in [0.1, 0.15) is 86.8 Å². The topological polar surface area (TPSA) is 42.8 Å². The van der Waals surface area contributed by atoms with Gasteiger partial charge >= 0.3 is 0 Å². The third kappa shape index (κ3) is 14.7. The van der Waals surface area contributed by atoms with Crippen LogP contribution in [0, 0.1) is 5.92 Å². The third-order valence-electron chi connectivity index (χ3n) is 5.00. The summed E-state index contributed by atoms with van der Waals surface area (Å²) in [7, 11) is 0. The van der Waals surface area contributed by atoms with Crippen LogP contribution in [0.25, 0.3) is 23.5 Å². The molecule has 3 rings (SSSR count). The molecule has 0 aromatic carbocycles. The summed E-state index contributed by atoms with van der Waals surface area (Å²) < 4.78 is 1.60. The van der Waals surface area contributed by atoms with Gasteiger partial charge in [0.05, 0.1) is 0 Å². The van der Waals surface area contributed by atoms with Gasteiger partial charge in [0.1, 0.15) is 5.69 Å². The Morgan fingerprint density at radius 3 is 2.21 bits per heavy atom. The van der Waals surface area contributed by atoms with Crippen molar-refractivity contribution < 1.29 is 4.68 Å². The molecule has 1 aliphatic carbocycles. The maximum absolute atomic E-state index is 6.21. The highest BCUT2D eigenvalue weighted by Crippen LogP contribution is 2.20. The molecule has 0 saturated heterocycles. The lowest BCUT2D eigenvalue weighted by atomic mass is 9.98. The van der Waals surface area contributed by atoms with Gasteiger partial charge in [-0.25, -0.2) is 10.8 Å². The molecule has 2 N–H and O–H groups in total. The molecule has 0 aliphatic heterocycles. The smallest absolute Gasteiger partial charge is 0.250 e. The van der Waals surface area contributed by atoms with Gasteiger partial charge in [-0.15, -0.1) is 0 Å². The fourth-order valence-corrected chi connectivity index (χ4v) is 3.28. The quantitative estimate of drug-likeness (QED) is 0.221. The second-order valence-corrected chi connectivity index (χ2v) is 7.57. The minimum absolute atomic E-state index is 0.618. The number of nitrogen functional groups attached to an aromatic ring is 1. The van der Waals surface area contributed by atoms with E-state index in [1.165, 1.54) is 5.57 Å². The van der Waals surface area contributed by atoms with Crippen molar-refractivity contribution in [1.29, 1.82) is 0 Å². The summed E-state index contributed by atoms with van der Waals surface area (Å²) in [4.78, 5) is 4.55. The zero-order valence-electron chi connectivity index (χ0n) is 26.3. The Bertz CT molecular complexity index is 1110. The average molecular weight is 529 g/mol. The van der Waals surface area contributed by atoms with Gasteiger partial charge in [-0.1, -0.05) is 140 Å². The van der Waals surface area contributed by atoms with Gasteiger partial charge in [0.15, 0.2) is 0 Å². The monoisotopic (exact) mass is 528 g/mol. The van der Waals surface area contributed by atoms with Crippen molar-refractivity contribution in [3.63, 3.8) is 0 Å². The molecule has 3 nitrogen and oxygen atoms in total. The van der Waals surface area contributed by atoms with Crippen molar-refractivity contribution in [2.24, 2.45) is 5.92 Å². The summed E-state index contributed by atoms with van der Waals surface area (Å²) in [6.45, 7) is 24.0. The number of pyridine rings is 2. The Morgan fingerprint density at radius 2 is 1.62 bits per heavy atom. The van der Waals surface area contributed by atoms with E-state index in [9.17, 15) is 0 Å². The molecule has 0 amide bonds. The predicted molar refractivity (Wildman–Crippen MR) is 178 cm³/mol. The summed E-state index contributed by atoms with van der Waals surface area (Å²) in [5.74, 6) is 6.83. The first kappa shape index (κ1) is 37.4. The van der Waals surface area contributed by atoms with Crippen molar-refractivity contribution in [3.8, 4) is 11.4 Å². The molecule has 0 fully saturated rings. The van der Waals surface area contributed by atoms with Gasteiger partial charge in [0, 0.05) is 18.3 Å². The van der Waals surface area contributed by atoms with E-state index in [4.69, 9.17) is 5.84 Å². The van der Waals surface area contributed by atoms with Crippen LogP contribution in [0.4, 0.5) is 0 Å². The van der Waals surface area contributed by atoms with Crippen LogP contribution in [0.15, 0.2) is 109 Å². The van der Waals surface area contributed by atoms with Gasteiger partial charge in [-0.2, -0.15) is 0 Å². The Hall–Kier alpha value is -3.72. The van der Waals surface area contributed by atoms with E-state index in [2.05, 4.69) is 67.1 Å². The third-order valence-corrected chi connectivity index (χ3v) is 5.00. The molecule has 0 saturated carbocycles. The van der Waals surface area contributed by atoms with Gasteiger partial charge in [0.25, 0.3) is 5.69 Å². The number of nitrogens with two attached hydrogens (primary N) is 1. The Labute approximate surface area is 240 Å². The number of hydrogen-bond acceptors (Lipinski definition) is 2. The highest BCUT2D eigenvalue weighted by atomic mass is 15.3. The van der Waals surface area contributed by atoms with E-state index in [1.807, 2.05) is 111 Å². The molecule has 0 spiro atoms. The molecule has 2 aromatic heterocycles. The van der Waals surface area contributed by atoms with E-state index in [1.54, 1.807) is 10.8 Å². The van der Waals surface area contributed by atoms with Crippen LogP contribution < -0.4 is 10.5 Å². The summed E-state index contributed by atoms with van der Waals surface area (Å²) in [5.41, 5.74) is 6.13. The molecule has 1 unspecified atom stereocenters. The summed E-state index contributed by atoms with van der Waals surface area (Å²) >= 11 is 0. The number of aromatic nitrogens is 2. The minimum Gasteiger partial charge on any atom is -0.250 e. The number of allylic oxidation sites excluding steroid dienone is 11. The van der Waals surface area contributed by atoms with Gasteiger partial charge in [-0.3, -0.25) is 0 Å². The molecule has 0 bridgehead atoms. The van der Waals surface area contributed by atoms with Crippen LogP contribution in [0.2, 0.25) is 0 Å². The molecule has 0 radical (unpaired) electrons. The zero-order valence-corrected chi connectivity index (χ0v) is 26.3. The zero-order chi connectivity index (χ0) is 30.1. The molecule has 2 heterocycles. The fourth-order valence-electron chi connectivity index (χ4n) is 3.28. The molecule has 39 heavy (non-hydrogen) atoms. The van der Waals surface area contributed by atoms with E-state index < -0.39 is 0 Å². The molecule has 212 valence electrons. The minimum atomic E-state index is 0.618. The second-order valence-electron chi connectivity index (χ2n) is 7.57. The summed E-state index contributed by atoms with van der Waals surface area (Å²) in [6.07, 6.45) is 27.6. The summed E-state index contributed by atoms with van der Waals surface area (Å²) in [5, 5.41) is 0. The molecular formula is C36H54N3+. The van der Waals surface area contributed by atoms with Crippen molar-refractivity contribution in [2.75, 3.05) is 5.84 Å². The predicted octanol–water partition coefficient (Wildman–Crippen LogP) is 10.1. The largest absolute Gasteiger partial charge is 0.260 e. The van der Waals surface area contributed by atoms with Crippen LogP contribution in [0.5, 0.6) is 0 Å². The number of hydrogen-bond donors (Lipinski definition) is 1. The lowest BCUT2D eigenvalue weighted by Crippen LogP contribution is -2.46. The van der Waals surface area contributed by atoms with Crippen LogP contribution in [-0.2, 0) is 0 Å². The summed E-state index contributed by atoms with van der Waals surface area (Å²) in [6, 6.07) is 8.08. The number of nitrogens with zero attached hydrogens (tertiary/aromatic N) is 2. The SMILES string of the molecule is C=C/C=C(\C=C/C)/C=C/c1cc[n+](N)c(-c2cc(/C=C/C3=CCC(C)C=C3)ccn2)c1.CC.CC.CC.CC. The van der Waals surface area contributed by atoms with Gasteiger partial charge < -0.3 is 0 Å². The molecule has 1 atom stereocenters. The highest BCUT2D eigenvalue weighted by molar-refractivity contribution is 5.64. The first-order chi connectivity index (χ1) is 19.1. The van der Waals surface area contributed by atoms with Crippen molar-refractivity contribution in [3.05, 3.63) is 120 Å². The fraction of sp³-hybridized carbons (Fsp3) is 0.333. The van der Waals surface area contributed by atoms with Gasteiger partial charge in [-0.05, 0) is 53.7 Å². The van der Waals surface area contributed by atoms with Crippen LogP contribution >= 0.6 is 0 Å². The Morgan fingerprint density at radius 1 is 0.949 bits per heavy atom. The Kier molecular flexibility index (Phi) is 23.6. The first-order valence-electron chi connectivity index (χ1n) is 14.6. The van der Waals surface area contributed by atoms with Crippen molar-refractivity contribution in [2.45, 2.75) is 75.7 Å². The van der Waals surface area contributed by atoms with Crippen LogP contribution in [0.3, 0.4) is 0 Å². The maximum Gasteiger partial charge on any atom is 0.260 e. The lowest BCUT2D eigenvalue weighted by molar-refractivity contribution is -0.627. The van der Waals surface area contributed by atoms with Crippen LogP contribution in [-0.4, -0.2) is 4.98 Å². The normalized spacial score (nSPS) is 14.2. The first-order valence-corrected chi connectivity index (χ1v) is 14.6. The van der Waals surface area contributed by atoms with Crippen molar-refractivity contribution in [1.82, 2.24) is 4.98 Å². The molecular weight excluding hydrogens is 474 g/mol.